The van der Waals surface area contributed by atoms with Crippen LogP contribution < -0.4 is 14.8 Å². The van der Waals surface area contributed by atoms with Gasteiger partial charge in [-0.2, -0.15) is 0 Å². The van der Waals surface area contributed by atoms with Gasteiger partial charge in [0.1, 0.15) is 5.75 Å². The largest absolute Gasteiger partial charge is 0.497 e. The van der Waals surface area contributed by atoms with Gasteiger partial charge in [-0.1, -0.05) is 24.3 Å². The van der Waals surface area contributed by atoms with Gasteiger partial charge in [-0.3, -0.25) is 4.72 Å². The van der Waals surface area contributed by atoms with E-state index >= 15 is 0 Å². The SMILES string of the molecule is COc1ccc(CNc2ccc(NS(=O)(=O)c3cccc(C)c3)cc2)cc1. The van der Waals surface area contributed by atoms with Gasteiger partial charge in [0.05, 0.1) is 12.0 Å². The Morgan fingerprint density at radius 2 is 1.56 bits per heavy atom. The molecule has 6 heteroatoms. The van der Waals surface area contributed by atoms with Crippen LogP contribution >= 0.6 is 0 Å². The smallest absolute Gasteiger partial charge is 0.261 e. The summed E-state index contributed by atoms with van der Waals surface area (Å²) in [5.74, 6) is 0.823. The highest BCUT2D eigenvalue weighted by Crippen LogP contribution is 2.20. The van der Waals surface area contributed by atoms with E-state index in [4.69, 9.17) is 4.74 Å². The average Bonchev–Trinajstić information content (AvgIpc) is 2.67. The maximum atomic E-state index is 12.5. The zero-order valence-corrected chi connectivity index (χ0v) is 16.1. The maximum Gasteiger partial charge on any atom is 0.261 e. The number of hydrogen-bond donors (Lipinski definition) is 2. The molecule has 0 saturated carbocycles. The highest BCUT2D eigenvalue weighted by Gasteiger charge is 2.13. The lowest BCUT2D eigenvalue weighted by atomic mass is 10.2. The summed E-state index contributed by atoms with van der Waals surface area (Å²) in [6.45, 7) is 2.53. The fourth-order valence-corrected chi connectivity index (χ4v) is 3.76. The lowest BCUT2D eigenvalue weighted by Crippen LogP contribution is -2.13. The summed E-state index contributed by atoms with van der Waals surface area (Å²) in [4.78, 5) is 0.254. The number of methoxy groups -OCH3 is 1. The van der Waals surface area contributed by atoms with Crippen molar-refractivity contribution in [3.05, 3.63) is 83.9 Å². The number of anilines is 2. The molecule has 0 aromatic heterocycles. The highest BCUT2D eigenvalue weighted by atomic mass is 32.2. The Morgan fingerprint density at radius 1 is 0.889 bits per heavy atom. The van der Waals surface area contributed by atoms with E-state index in [1.165, 1.54) is 0 Å². The van der Waals surface area contributed by atoms with Gasteiger partial charge >= 0.3 is 0 Å². The van der Waals surface area contributed by atoms with Crippen molar-refractivity contribution in [1.82, 2.24) is 0 Å². The van der Waals surface area contributed by atoms with Gasteiger partial charge in [0.2, 0.25) is 0 Å². The Kier molecular flexibility index (Phi) is 5.66. The van der Waals surface area contributed by atoms with Gasteiger partial charge in [-0.25, -0.2) is 8.42 Å². The van der Waals surface area contributed by atoms with Gasteiger partial charge in [0.25, 0.3) is 10.0 Å². The molecular formula is C21H22N2O3S. The molecule has 0 saturated heterocycles. The number of aryl methyl sites for hydroxylation is 1. The Morgan fingerprint density at radius 3 is 2.19 bits per heavy atom. The molecule has 0 atom stereocenters. The fourth-order valence-electron chi connectivity index (χ4n) is 2.60. The summed E-state index contributed by atoms with van der Waals surface area (Å²) in [5.41, 5.74) is 3.45. The molecule has 3 aromatic rings. The van der Waals surface area contributed by atoms with Gasteiger partial charge in [-0.05, 0) is 66.6 Å². The quantitative estimate of drug-likeness (QED) is 0.635. The second kappa shape index (κ2) is 8.14. The molecule has 140 valence electrons. The van der Waals surface area contributed by atoms with Crippen LogP contribution in [0.2, 0.25) is 0 Å². The van der Waals surface area contributed by atoms with Crippen molar-refractivity contribution in [3.63, 3.8) is 0 Å². The molecule has 3 aromatic carbocycles. The minimum Gasteiger partial charge on any atom is -0.497 e. The van der Waals surface area contributed by atoms with Crippen LogP contribution in [0.3, 0.4) is 0 Å². The van der Waals surface area contributed by atoms with Gasteiger partial charge < -0.3 is 10.1 Å². The van der Waals surface area contributed by atoms with Crippen LogP contribution in [0.15, 0.2) is 77.7 Å². The predicted molar refractivity (Wildman–Crippen MR) is 109 cm³/mol. The first-order valence-corrected chi connectivity index (χ1v) is 10.0. The van der Waals surface area contributed by atoms with Crippen LogP contribution in [0.1, 0.15) is 11.1 Å². The molecule has 2 N–H and O–H groups in total. The first-order chi connectivity index (χ1) is 13.0. The van der Waals surface area contributed by atoms with Crippen LogP contribution in [-0.2, 0) is 16.6 Å². The predicted octanol–water partition coefficient (Wildman–Crippen LogP) is 4.42. The standard InChI is InChI=1S/C21H22N2O3S/c1-16-4-3-5-21(14-16)27(24,25)23-19-10-8-18(9-11-19)22-15-17-6-12-20(26-2)13-7-17/h3-14,22-23H,15H2,1-2H3. The molecule has 0 heterocycles. The number of sulfonamides is 1. The van der Waals surface area contributed by atoms with E-state index in [1.54, 1.807) is 37.4 Å². The Hall–Kier alpha value is -2.99. The average molecular weight is 382 g/mol. The monoisotopic (exact) mass is 382 g/mol. The van der Waals surface area contributed by atoms with E-state index in [0.29, 0.717) is 12.2 Å². The van der Waals surface area contributed by atoms with Crippen molar-refractivity contribution in [2.45, 2.75) is 18.4 Å². The molecule has 0 spiro atoms. The minimum atomic E-state index is -3.59. The van der Waals surface area contributed by atoms with Crippen molar-refractivity contribution < 1.29 is 13.2 Å². The zero-order chi connectivity index (χ0) is 19.3. The van der Waals surface area contributed by atoms with E-state index in [0.717, 1.165) is 22.6 Å². The van der Waals surface area contributed by atoms with Crippen molar-refractivity contribution >= 4 is 21.4 Å². The molecule has 0 aliphatic rings. The molecule has 0 amide bonds. The summed E-state index contributed by atoms with van der Waals surface area (Å²) >= 11 is 0. The van der Waals surface area contributed by atoms with Crippen molar-refractivity contribution in [1.29, 1.82) is 0 Å². The third kappa shape index (κ3) is 5.01. The van der Waals surface area contributed by atoms with Crippen LogP contribution in [0.4, 0.5) is 11.4 Å². The van der Waals surface area contributed by atoms with E-state index in [-0.39, 0.29) is 4.90 Å². The number of rotatable bonds is 7. The van der Waals surface area contributed by atoms with Crippen LogP contribution in [0.5, 0.6) is 5.75 Å². The molecule has 27 heavy (non-hydrogen) atoms. The molecule has 0 aliphatic carbocycles. The number of benzene rings is 3. The number of nitrogens with one attached hydrogen (secondary N) is 2. The molecule has 0 fully saturated rings. The van der Waals surface area contributed by atoms with Gasteiger partial charge in [0.15, 0.2) is 0 Å². The summed E-state index contributed by atoms with van der Waals surface area (Å²) < 4.78 is 32.7. The van der Waals surface area contributed by atoms with Crippen molar-refractivity contribution in [3.8, 4) is 5.75 Å². The molecular weight excluding hydrogens is 360 g/mol. The van der Waals surface area contributed by atoms with Gasteiger partial charge in [0, 0.05) is 17.9 Å². The normalized spacial score (nSPS) is 11.0. The second-order valence-corrected chi connectivity index (χ2v) is 7.88. The summed E-state index contributed by atoms with van der Waals surface area (Å²) in [6.07, 6.45) is 0. The highest BCUT2D eigenvalue weighted by molar-refractivity contribution is 7.92. The second-order valence-electron chi connectivity index (χ2n) is 6.20. The molecule has 3 rings (SSSR count). The fraction of sp³-hybridized carbons (Fsp3) is 0.143. The van der Waals surface area contributed by atoms with E-state index in [9.17, 15) is 8.42 Å². The minimum absolute atomic E-state index is 0.254. The first kappa shape index (κ1) is 18.8. The molecule has 0 radical (unpaired) electrons. The van der Waals surface area contributed by atoms with Crippen LogP contribution in [-0.4, -0.2) is 15.5 Å². The topological polar surface area (TPSA) is 67.4 Å². The summed E-state index contributed by atoms with van der Waals surface area (Å²) in [6, 6.07) is 21.8. The Balaban J connectivity index is 1.62. The number of ether oxygens (including phenoxy) is 1. The van der Waals surface area contributed by atoms with E-state index < -0.39 is 10.0 Å². The molecule has 0 bridgehead atoms. The van der Waals surface area contributed by atoms with Crippen molar-refractivity contribution in [2.24, 2.45) is 0 Å². The van der Waals surface area contributed by atoms with Gasteiger partial charge in [-0.15, -0.1) is 0 Å². The Labute approximate surface area is 160 Å². The summed E-state index contributed by atoms with van der Waals surface area (Å²) in [7, 11) is -1.95. The first-order valence-electron chi connectivity index (χ1n) is 8.53. The number of hydrogen-bond acceptors (Lipinski definition) is 4. The zero-order valence-electron chi connectivity index (χ0n) is 15.3. The van der Waals surface area contributed by atoms with E-state index in [1.807, 2.05) is 49.4 Å². The molecule has 0 unspecified atom stereocenters. The molecule has 5 nitrogen and oxygen atoms in total. The van der Waals surface area contributed by atoms with Crippen LogP contribution in [0, 0.1) is 6.92 Å². The lowest BCUT2D eigenvalue weighted by molar-refractivity contribution is 0.414. The molecule has 0 aliphatic heterocycles. The van der Waals surface area contributed by atoms with Crippen LogP contribution in [0.25, 0.3) is 0 Å². The Bertz CT molecular complexity index is 998. The third-order valence-electron chi connectivity index (χ3n) is 4.09. The van der Waals surface area contributed by atoms with E-state index in [2.05, 4.69) is 10.0 Å². The third-order valence-corrected chi connectivity index (χ3v) is 5.47. The summed E-state index contributed by atoms with van der Waals surface area (Å²) in [5, 5.41) is 3.31. The van der Waals surface area contributed by atoms with Crippen molar-refractivity contribution in [2.75, 3.05) is 17.1 Å². The maximum absolute atomic E-state index is 12.5. The lowest BCUT2D eigenvalue weighted by Gasteiger charge is -2.11.